The van der Waals surface area contributed by atoms with E-state index in [-0.39, 0.29) is 6.04 Å². The molecule has 1 aliphatic rings. The third-order valence-corrected chi connectivity index (χ3v) is 3.92. The predicted octanol–water partition coefficient (Wildman–Crippen LogP) is 2.64. The summed E-state index contributed by atoms with van der Waals surface area (Å²) in [5, 5.41) is 13.2. The number of phenolic OH excluding ortho intramolecular Hbond substituents is 1. The average Bonchev–Trinajstić information content (AvgIpc) is 2.53. The number of methoxy groups -OCH3 is 2. The molecule has 0 spiro atoms. The van der Waals surface area contributed by atoms with Crippen molar-refractivity contribution in [2.45, 2.75) is 12.5 Å². The maximum atomic E-state index is 9.66. The van der Waals surface area contributed by atoms with Gasteiger partial charge in [-0.25, -0.2) is 0 Å². The molecule has 1 aliphatic heterocycles. The normalized spacial score (nSPS) is 17.1. The fraction of sp³-hybridized carbons (Fsp3) is 0.294. The van der Waals surface area contributed by atoms with Crippen molar-refractivity contribution in [1.82, 2.24) is 5.32 Å². The van der Waals surface area contributed by atoms with E-state index in [2.05, 4.69) is 5.32 Å². The number of rotatable bonds is 3. The Morgan fingerprint density at radius 2 is 1.95 bits per heavy atom. The van der Waals surface area contributed by atoms with Crippen LogP contribution in [0.4, 0.5) is 0 Å². The third kappa shape index (κ3) is 2.43. The Morgan fingerprint density at radius 3 is 2.71 bits per heavy atom. The molecule has 0 saturated heterocycles. The molecule has 1 atom stereocenters. The molecule has 2 N–H and O–H groups in total. The van der Waals surface area contributed by atoms with Crippen LogP contribution >= 0.6 is 0 Å². The molecule has 3 rings (SSSR count). The highest BCUT2D eigenvalue weighted by Gasteiger charge is 2.25. The van der Waals surface area contributed by atoms with Crippen molar-refractivity contribution < 1.29 is 14.6 Å². The van der Waals surface area contributed by atoms with E-state index in [1.807, 2.05) is 30.3 Å². The van der Waals surface area contributed by atoms with Crippen LogP contribution in [-0.2, 0) is 6.42 Å². The summed E-state index contributed by atoms with van der Waals surface area (Å²) in [4.78, 5) is 0. The summed E-state index contributed by atoms with van der Waals surface area (Å²) < 4.78 is 10.9. The first-order chi connectivity index (χ1) is 10.2. The molecule has 110 valence electrons. The van der Waals surface area contributed by atoms with Crippen molar-refractivity contribution in [3.05, 3.63) is 53.1 Å². The number of phenols is 1. The molecule has 0 amide bonds. The summed E-state index contributed by atoms with van der Waals surface area (Å²) in [7, 11) is 3.30. The molecule has 0 fully saturated rings. The molecule has 2 aromatic carbocycles. The van der Waals surface area contributed by atoms with E-state index in [0.717, 1.165) is 30.0 Å². The molecule has 1 unspecified atom stereocenters. The minimum Gasteiger partial charge on any atom is -0.508 e. The van der Waals surface area contributed by atoms with E-state index in [0.29, 0.717) is 5.75 Å². The molecule has 0 radical (unpaired) electrons. The molecule has 0 aliphatic carbocycles. The van der Waals surface area contributed by atoms with Crippen LogP contribution in [0.3, 0.4) is 0 Å². The van der Waals surface area contributed by atoms with E-state index >= 15 is 0 Å². The largest absolute Gasteiger partial charge is 0.508 e. The van der Waals surface area contributed by atoms with E-state index in [1.165, 1.54) is 11.1 Å². The van der Waals surface area contributed by atoms with Crippen LogP contribution in [0.2, 0.25) is 0 Å². The van der Waals surface area contributed by atoms with Gasteiger partial charge in [0.15, 0.2) is 11.5 Å². The van der Waals surface area contributed by atoms with Gasteiger partial charge in [0.1, 0.15) is 5.75 Å². The lowest BCUT2D eigenvalue weighted by Crippen LogP contribution is -2.30. The fourth-order valence-electron chi connectivity index (χ4n) is 2.97. The van der Waals surface area contributed by atoms with Crippen LogP contribution in [0, 0.1) is 0 Å². The van der Waals surface area contributed by atoms with Crippen LogP contribution in [-0.4, -0.2) is 25.9 Å². The summed E-state index contributed by atoms with van der Waals surface area (Å²) in [5.74, 6) is 1.79. The second-order valence-electron chi connectivity index (χ2n) is 5.10. The van der Waals surface area contributed by atoms with Crippen LogP contribution in [0.25, 0.3) is 0 Å². The van der Waals surface area contributed by atoms with Crippen molar-refractivity contribution in [1.29, 1.82) is 0 Å². The van der Waals surface area contributed by atoms with E-state index in [9.17, 15) is 5.11 Å². The van der Waals surface area contributed by atoms with Crippen LogP contribution in [0.5, 0.6) is 17.2 Å². The monoisotopic (exact) mass is 285 g/mol. The Kier molecular flexibility index (Phi) is 3.71. The standard InChI is InChI=1S/C17H19NO3/c1-20-15-5-3-4-14(17(15)21-2)16-13-7-6-12(19)10-11(13)8-9-18-16/h3-7,10,16,18-19H,8-9H2,1-2H3. The number of hydrogen-bond acceptors (Lipinski definition) is 4. The zero-order valence-electron chi connectivity index (χ0n) is 12.2. The maximum Gasteiger partial charge on any atom is 0.165 e. The lowest BCUT2D eigenvalue weighted by atomic mass is 9.89. The van der Waals surface area contributed by atoms with E-state index in [1.54, 1.807) is 20.3 Å². The summed E-state index contributed by atoms with van der Waals surface area (Å²) >= 11 is 0. The van der Waals surface area contributed by atoms with Crippen molar-refractivity contribution in [3.63, 3.8) is 0 Å². The van der Waals surface area contributed by atoms with Gasteiger partial charge in [0.25, 0.3) is 0 Å². The predicted molar refractivity (Wildman–Crippen MR) is 81.2 cm³/mol. The lowest BCUT2D eigenvalue weighted by Gasteiger charge is -2.29. The summed E-state index contributed by atoms with van der Waals surface area (Å²) in [6.45, 7) is 0.863. The Bertz CT molecular complexity index is 654. The average molecular weight is 285 g/mol. The van der Waals surface area contributed by atoms with Gasteiger partial charge in [-0.1, -0.05) is 18.2 Å². The first-order valence-electron chi connectivity index (χ1n) is 7.00. The SMILES string of the molecule is COc1cccc(C2NCCc3cc(O)ccc32)c1OC. The first-order valence-corrected chi connectivity index (χ1v) is 7.00. The molecule has 0 bridgehead atoms. The molecule has 0 saturated carbocycles. The number of ether oxygens (including phenoxy) is 2. The van der Waals surface area contributed by atoms with Crippen LogP contribution in [0.15, 0.2) is 36.4 Å². The van der Waals surface area contributed by atoms with E-state index in [4.69, 9.17) is 9.47 Å². The highest BCUT2D eigenvalue weighted by atomic mass is 16.5. The van der Waals surface area contributed by atoms with Gasteiger partial charge in [-0.2, -0.15) is 0 Å². The molecule has 21 heavy (non-hydrogen) atoms. The Morgan fingerprint density at radius 1 is 1.10 bits per heavy atom. The van der Waals surface area contributed by atoms with Crippen molar-refractivity contribution >= 4 is 0 Å². The first kappa shape index (κ1) is 13.8. The van der Waals surface area contributed by atoms with Crippen molar-refractivity contribution in [3.8, 4) is 17.2 Å². The highest BCUT2D eigenvalue weighted by molar-refractivity contribution is 5.53. The molecule has 4 heteroatoms. The molecular formula is C17H19NO3. The summed E-state index contributed by atoms with van der Waals surface area (Å²) in [5.41, 5.74) is 3.39. The topological polar surface area (TPSA) is 50.7 Å². The van der Waals surface area contributed by atoms with Crippen LogP contribution in [0.1, 0.15) is 22.7 Å². The second kappa shape index (κ2) is 5.66. The Labute approximate surface area is 124 Å². The van der Waals surface area contributed by atoms with Crippen molar-refractivity contribution in [2.24, 2.45) is 0 Å². The Balaban J connectivity index is 2.11. The number of nitrogens with one attached hydrogen (secondary N) is 1. The zero-order chi connectivity index (χ0) is 14.8. The summed E-state index contributed by atoms with van der Waals surface area (Å²) in [6, 6.07) is 11.5. The minimum atomic E-state index is 0.0411. The minimum absolute atomic E-state index is 0.0411. The van der Waals surface area contributed by atoms with Gasteiger partial charge in [0, 0.05) is 12.1 Å². The third-order valence-electron chi connectivity index (χ3n) is 3.92. The van der Waals surface area contributed by atoms with Gasteiger partial charge in [0.05, 0.1) is 20.3 Å². The quantitative estimate of drug-likeness (QED) is 0.910. The molecule has 0 aromatic heterocycles. The van der Waals surface area contributed by atoms with Gasteiger partial charge >= 0.3 is 0 Å². The van der Waals surface area contributed by atoms with Crippen LogP contribution < -0.4 is 14.8 Å². The van der Waals surface area contributed by atoms with Gasteiger partial charge < -0.3 is 19.9 Å². The van der Waals surface area contributed by atoms with E-state index < -0.39 is 0 Å². The number of benzene rings is 2. The lowest BCUT2D eigenvalue weighted by molar-refractivity contribution is 0.348. The number of hydrogen-bond donors (Lipinski definition) is 2. The van der Waals surface area contributed by atoms with Crippen molar-refractivity contribution in [2.75, 3.05) is 20.8 Å². The number of fused-ring (bicyclic) bond motifs is 1. The van der Waals surface area contributed by atoms with Gasteiger partial charge in [-0.15, -0.1) is 0 Å². The highest BCUT2D eigenvalue weighted by Crippen LogP contribution is 2.39. The second-order valence-corrected chi connectivity index (χ2v) is 5.10. The number of aromatic hydroxyl groups is 1. The molecule has 1 heterocycles. The smallest absolute Gasteiger partial charge is 0.165 e. The zero-order valence-corrected chi connectivity index (χ0v) is 12.2. The molecule has 2 aromatic rings. The molecular weight excluding hydrogens is 266 g/mol. The summed E-state index contributed by atoms with van der Waals surface area (Å²) in [6.07, 6.45) is 0.909. The van der Waals surface area contributed by atoms with Gasteiger partial charge in [-0.05, 0) is 35.7 Å². The number of para-hydroxylation sites is 1. The van der Waals surface area contributed by atoms with Gasteiger partial charge in [0.2, 0.25) is 0 Å². The molecule has 4 nitrogen and oxygen atoms in total. The fourth-order valence-corrected chi connectivity index (χ4v) is 2.97. The Hall–Kier alpha value is -2.20. The van der Waals surface area contributed by atoms with Gasteiger partial charge in [-0.3, -0.25) is 0 Å². The maximum absolute atomic E-state index is 9.66.